The van der Waals surface area contributed by atoms with Gasteiger partial charge in [0.25, 0.3) is 0 Å². The van der Waals surface area contributed by atoms with Crippen LogP contribution < -0.4 is 9.47 Å². The fourth-order valence-corrected chi connectivity index (χ4v) is 2.43. The van der Waals surface area contributed by atoms with Crippen molar-refractivity contribution in [3.05, 3.63) is 58.1 Å². The normalized spacial score (nSPS) is 11.2. The van der Waals surface area contributed by atoms with E-state index in [0.29, 0.717) is 16.5 Å². The molecule has 0 aromatic heterocycles. The van der Waals surface area contributed by atoms with Crippen molar-refractivity contribution in [2.45, 2.75) is 40.0 Å². The monoisotopic (exact) mass is 346 g/mol. The predicted octanol–water partition coefficient (Wildman–Crippen LogP) is 5.24. The fraction of sp³-hybridized carbons (Fsp3) is 0.350. The summed E-state index contributed by atoms with van der Waals surface area (Å²) < 4.78 is 10.8. The van der Waals surface area contributed by atoms with Crippen LogP contribution in [0.15, 0.2) is 36.4 Å². The van der Waals surface area contributed by atoms with Gasteiger partial charge in [-0.1, -0.05) is 44.5 Å². The van der Waals surface area contributed by atoms with Gasteiger partial charge < -0.3 is 9.47 Å². The summed E-state index contributed by atoms with van der Waals surface area (Å²) in [5, 5.41) is 0.685. The zero-order valence-corrected chi connectivity index (χ0v) is 15.5. The second-order valence-corrected chi connectivity index (χ2v) is 7.29. The third kappa shape index (κ3) is 4.75. The molecule has 0 unspecified atom stereocenters. The molecule has 0 atom stereocenters. The van der Waals surface area contributed by atoms with Crippen molar-refractivity contribution >= 4 is 17.6 Å². The van der Waals surface area contributed by atoms with Crippen molar-refractivity contribution in [1.82, 2.24) is 0 Å². The highest BCUT2D eigenvalue weighted by Crippen LogP contribution is 2.26. The molecule has 0 heterocycles. The standard InChI is InChI=1S/C20H23ClO3/c1-13-10-17(11-14(2)19(13)21)24-18(22)12-23-16-8-6-15(7-9-16)20(3,4)5/h6-11H,12H2,1-5H3. The molecule has 2 aromatic carbocycles. The Morgan fingerprint density at radius 2 is 1.54 bits per heavy atom. The van der Waals surface area contributed by atoms with Crippen LogP contribution in [0.1, 0.15) is 37.5 Å². The molecular weight excluding hydrogens is 324 g/mol. The van der Waals surface area contributed by atoms with Gasteiger partial charge in [-0.2, -0.15) is 0 Å². The number of carbonyl (C=O) groups is 1. The van der Waals surface area contributed by atoms with E-state index in [2.05, 4.69) is 20.8 Å². The molecule has 0 N–H and O–H groups in total. The second kappa shape index (κ2) is 7.27. The van der Waals surface area contributed by atoms with Crippen LogP contribution in [0.2, 0.25) is 5.02 Å². The van der Waals surface area contributed by atoms with E-state index in [9.17, 15) is 4.79 Å². The van der Waals surface area contributed by atoms with Gasteiger partial charge in [0.05, 0.1) is 0 Å². The molecule has 24 heavy (non-hydrogen) atoms. The minimum Gasteiger partial charge on any atom is -0.482 e. The number of aryl methyl sites for hydroxylation is 2. The van der Waals surface area contributed by atoms with E-state index >= 15 is 0 Å². The maximum absolute atomic E-state index is 11.9. The van der Waals surface area contributed by atoms with Crippen molar-refractivity contribution in [3.63, 3.8) is 0 Å². The Labute approximate surface area is 148 Å². The van der Waals surface area contributed by atoms with Crippen molar-refractivity contribution in [2.24, 2.45) is 0 Å². The fourth-order valence-electron chi connectivity index (χ4n) is 2.32. The SMILES string of the molecule is Cc1cc(OC(=O)COc2ccc(C(C)(C)C)cc2)cc(C)c1Cl. The van der Waals surface area contributed by atoms with E-state index in [1.807, 2.05) is 38.1 Å². The molecule has 3 nitrogen and oxygen atoms in total. The average Bonchev–Trinajstić information content (AvgIpc) is 2.50. The molecule has 0 fully saturated rings. The van der Waals surface area contributed by atoms with E-state index in [1.54, 1.807) is 12.1 Å². The van der Waals surface area contributed by atoms with Crippen LogP contribution in [0.3, 0.4) is 0 Å². The Balaban J connectivity index is 1.94. The molecule has 2 rings (SSSR count). The van der Waals surface area contributed by atoms with E-state index in [4.69, 9.17) is 21.1 Å². The highest BCUT2D eigenvalue weighted by Gasteiger charge is 2.13. The number of rotatable bonds is 4. The van der Waals surface area contributed by atoms with Crippen molar-refractivity contribution in [1.29, 1.82) is 0 Å². The predicted molar refractivity (Wildman–Crippen MR) is 97.2 cm³/mol. The molecule has 0 radical (unpaired) electrons. The van der Waals surface area contributed by atoms with Gasteiger partial charge in [0.15, 0.2) is 6.61 Å². The molecule has 128 valence electrons. The Kier molecular flexibility index (Phi) is 5.55. The number of halogens is 1. The third-order valence-electron chi connectivity index (χ3n) is 3.72. The van der Waals surface area contributed by atoms with Gasteiger partial charge in [0.2, 0.25) is 0 Å². The number of carbonyl (C=O) groups excluding carboxylic acids is 1. The molecule has 0 aliphatic rings. The molecule has 0 amide bonds. The molecular formula is C20H23ClO3. The van der Waals surface area contributed by atoms with Crippen LogP contribution in [0.4, 0.5) is 0 Å². The van der Waals surface area contributed by atoms with E-state index in [0.717, 1.165) is 11.1 Å². The third-order valence-corrected chi connectivity index (χ3v) is 4.31. The van der Waals surface area contributed by atoms with Gasteiger partial charge >= 0.3 is 5.97 Å². The van der Waals surface area contributed by atoms with Gasteiger partial charge in [-0.25, -0.2) is 4.79 Å². The topological polar surface area (TPSA) is 35.5 Å². The molecule has 2 aromatic rings. The van der Waals surface area contributed by atoms with Gasteiger partial charge in [-0.05, 0) is 60.2 Å². The molecule has 0 aliphatic carbocycles. The smallest absolute Gasteiger partial charge is 0.349 e. The first-order valence-corrected chi connectivity index (χ1v) is 8.25. The first-order chi connectivity index (χ1) is 11.2. The second-order valence-electron chi connectivity index (χ2n) is 6.91. The minimum atomic E-state index is -0.448. The van der Waals surface area contributed by atoms with Crippen molar-refractivity contribution in [3.8, 4) is 11.5 Å². The lowest BCUT2D eigenvalue weighted by atomic mass is 9.87. The van der Waals surface area contributed by atoms with Crippen LogP contribution in [0.5, 0.6) is 11.5 Å². The first-order valence-electron chi connectivity index (χ1n) is 7.87. The lowest BCUT2D eigenvalue weighted by Crippen LogP contribution is -2.18. The molecule has 0 aliphatic heterocycles. The van der Waals surface area contributed by atoms with Crippen LogP contribution in [0.25, 0.3) is 0 Å². The summed E-state index contributed by atoms with van der Waals surface area (Å²) in [6.45, 7) is 10.1. The van der Waals surface area contributed by atoms with E-state index < -0.39 is 5.97 Å². The van der Waals surface area contributed by atoms with Crippen LogP contribution >= 0.6 is 11.6 Å². The minimum absolute atomic E-state index is 0.0851. The van der Waals surface area contributed by atoms with E-state index in [-0.39, 0.29) is 12.0 Å². The Hall–Kier alpha value is -2.00. The Morgan fingerprint density at radius 1 is 1.00 bits per heavy atom. The van der Waals surface area contributed by atoms with E-state index in [1.165, 1.54) is 5.56 Å². The number of ether oxygens (including phenoxy) is 2. The van der Waals surface area contributed by atoms with Gasteiger partial charge in [-0.3, -0.25) is 0 Å². The largest absolute Gasteiger partial charge is 0.482 e. The molecule has 0 saturated carbocycles. The number of hydrogen-bond donors (Lipinski definition) is 0. The summed E-state index contributed by atoms with van der Waals surface area (Å²) >= 11 is 6.11. The maximum Gasteiger partial charge on any atom is 0.349 e. The van der Waals surface area contributed by atoms with Crippen molar-refractivity contribution < 1.29 is 14.3 Å². The summed E-state index contributed by atoms with van der Waals surface area (Å²) in [5.41, 5.74) is 3.04. The van der Waals surface area contributed by atoms with Gasteiger partial charge in [-0.15, -0.1) is 0 Å². The van der Waals surface area contributed by atoms with Crippen LogP contribution in [0, 0.1) is 13.8 Å². The zero-order valence-electron chi connectivity index (χ0n) is 14.8. The lowest BCUT2D eigenvalue weighted by molar-refractivity contribution is -0.136. The molecule has 0 saturated heterocycles. The molecule has 0 spiro atoms. The Morgan fingerprint density at radius 3 is 2.04 bits per heavy atom. The molecule has 0 bridgehead atoms. The van der Waals surface area contributed by atoms with Crippen LogP contribution in [-0.4, -0.2) is 12.6 Å². The summed E-state index contributed by atoms with van der Waals surface area (Å²) in [5.74, 6) is 0.672. The molecule has 4 heteroatoms. The summed E-state index contributed by atoms with van der Waals surface area (Å²) in [7, 11) is 0. The van der Waals surface area contributed by atoms with Gasteiger partial charge in [0, 0.05) is 5.02 Å². The summed E-state index contributed by atoms with van der Waals surface area (Å²) in [6, 6.07) is 11.2. The van der Waals surface area contributed by atoms with Gasteiger partial charge in [0.1, 0.15) is 11.5 Å². The average molecular weight is 347 g/mol. The number of benzene rings is 2. The lowest BCUT2D eigenvalue weighted by Gasteiger charge is -2.19. The highest BCUT2D eigenvalue weighted by atomic mass is 35.5. The number of esters is 1. The van der Waals surface area contributed by atoms with Crippen LogP contribution in [-0.2, 0) is 10.2 Å². The zero-order chi connectivity index (χ0) is 17.9. The Bertz CT molecular complexity index is 705. The van der Waals surface area contributed by atoms with Crippen molar-refractivity contribution in [2.75, 3.05) is 6.61 Å². The highest BCUT2D eigenvalue weighted by molar-refractivity contribution is 6.32. The maximum atomic E-state index is 11.9. The number of hydrogen-bond acceptors (Lipinski definition) is 3. The summed E-state index contributed by atoms with van der Waals surface area (Å²) in [6.07, 6.45) is 0. The summed E-state index contributed by atoms with van der Waals surface area (Å²) in [4.78, 5) is 11.9. The first kappa shape index (κ1) is 18.3. The quantitative estimate of drug-likeness (QED) is 0.561.